The fraction of sp³-hybridized carbons (Fsp3) is 0.160. The van der Waals surface area contributed by atoms with Crippen LogP contribution in [0.25, 0.3) is 11.4 Å². The summed E-state index contributed by atoms with van der Waals surface area (Å²) in [5, 5.41) is 11.3. The molecule has 62 heavy (non-hydrogen) atoms. The van der Waals surface area contributed by atoms with Gasteiger partial charge in [-0.05, 0) is 59.4 Å². The van der Waals surface area contributed by atoms with Crippen LogP contribution in [0.2, 0.25) is 0 Å². The zero-order valence-electron chi connectivity index (χ0n) is 33.3. The van der Waals surface area contributed by atoms with Crippen LogP contribution in [0.3, 0.4) is 0 Å². The summed E-state index contributed by atoms with van der Waals surface area (Å²) < 4.78 is 17.0. The number of hydrazine groups is 2. The second-order valence-electron chi connectivity index (χ2n) is 15.5. The van der Waals surface area contributed by atoms with E-state index in [0.717, 1.165) is 52.6 Å². The Hall–Kier alpha value is -5.05. The number of ketones is 2. The third-order valence-electron chi connectivity index (χ3n) is 11.6. The minimum atomic E-state index is -0.401. The summed E-state index contributed by atoms with van der Waals surface area (Å²) in [7, 11) is 0. The number of halogens is 4. The highest BCUT2D eigenvalue weighted by atomic mass is 79.9. The molecule has 0 amide bonds. The van der Waals surface area contributed by atoms with Crippen molar-refractivity contribution in [2.75, 3.05) is 0 Å². The summed E-state index contributed by atoms with van der Waals surface area (Å²) >= 11 is 11.2. The van der Waals surface area contributed by atoms with Crippen molar-refractivity contribution in [2.45, 2.75) is 49.3 Å². The lowest BCUT2D eigenvalue weighted by atomic mass is 9.91. The average molecular weight is 1020 g/mol. The van der Waals surface area contributed by atoms with Crippen molar-refractivity contribution in [3.63, 3.8) is 0 Å². The molecule has 6 unspecified atom stereocenters. The van der Waals surface area contributed by atoms with E-state index in [9.17, 15) is 14.0 Å². The largest absolute Gasteiger partial charge is 0.315 e. The zero-order chi connectivity index (χ0) is 42.7. The summed E-state index contributed by atoms with van der Waals surface area (Å²) in [5.41, 5.74) is 14.6. The second-order valence-corrected chi connectivity index (χ2v) is 18.2. The monoisotopic (exact) mass is 1010 g/mol. The lowest BCUT2D eigenvalue weighted by Gasteiger charge is -2.42. The molecule has 4 aliphatic heterocycles. The molecule has 0 aliphatic carbocycles. The Kier molecular flexibility index (Phi) is 12.8. The number of Topliss-reactive ketones (excluding diaryl/α,β-unsaturated/α-hetero) is 2. The molecule has 6 aromatic rings. The first-order valence-corrected chi connectivity index (χ1v) is 22.8. The molecule has 4 aliphatic rings. The first kappa shape index (κ1) is 42.3. The molecular formula is C50H42Br3FN6O2. The molecule has 6 aromatic carbocycles. The maximum atomic E-state index is 14.1. The Balaban J connectivity index is 0.000000158. The highest BCUT2D eigenvalue weighted by molar-refractivity contribution is 9.12. The quantitative estimate of drug-likeness (QED) is 0.112. The van der Waals surface area contributed by atoms with E-state index in [1.54, 1.807) is 12.1 Å². The summed E-state index contributed by atoms with van der Waals surface area (Å²) in [4.78, 5) is 26.6. The van der Waals surface area contributed by atoms with E-state index in [1.165, 1.54) is 6.07 Å². The zero-order valence-corrected chi connectivity index (χ0v) is 38.0. The van der Waals surface area contributed by atoms with Crippen LogP contribution in [0.4, 0.5) is 4.39 Å². The van der Waals surface area contributed by atoms with E-state index in [-0.39, 0.29) is 47.8 Å². The van der Waals surface area contributed by atoms with Crippen molar-refractivity contribution in [1.82, 2.24) is 31.5 Å². The summed E-state index contributed by atoms with van der Waals surface area (Å²) in [6.45, 7) is 0. The molecule has 12 heteroatoms. The number of rotatable bonds is 8. The second kappa shape index (κ2) is 18.7. The van der Waals surface area contributed by atoms with Crippen LogP contribution in [-0.2, 0) is 0 Å². The van der Waals surface area contributed by atoms with Crippen molar-refractivity contribution in [3.05, 3.63) is 222 Å². The number of fused-ring (bicyclic) bond motifs is 2. The molecule has 10 rings (SSSR count). The van der Waals surface area contributed by atoms with E-state index in [4.69, 9.17) is 0 Å². The fourth-order valence-corrected chi connectivity index (χ4v) is 10.4. The van der Waals surface area contributed by atoms with Crippen LogP contribution in [-0.4, -0.2) is 46.0 Å². The van der Waals surface area contributed by atoms with Crippen LogP contribution >= 0.6 is 47.8 Å². The van der Waals surface area contributed by atoms with E-state index in [0.29, 0.717) is 18.4 Å². The molecule has 6 atom stereocenters. The molecule has 0 aromatic heterocycles. The third kappa shape index (κ3) is 8.78. The maximum Gasteiger partial charge on any atom is 0.179 e. The minimum Gasteiger partial charge on any atom is -0.315 e. The number of nitrogens with one attached hydrogen (secondary N) is 4. The number of nitrogens with zero attached hydrogens (tertiary/aromatic N) is 2. The number of hydrogen-bond acceptors (Lipinski definition) is 8. The van der Waals surface area contributed by atoms with E-state index >= 15 is 0 Å². The van der Waals surface area contributed by atoms with E-state index in [2.05, 4.69) is 104 Å². The Morgan fingerprint density at radius 2 is 0.903 bits per heavy atom. The van der Waals surface area contributed by atoms with Crippen LogP contribution in [0.5, 0.6) is 0 Å². The normalized spacial score (nSPS) is 23.4. The minimum absolute atomic E-state index is 0.0233. The molecule has 4 N–H and O–H groups in total. The van der Waals surface area contributed by atoms with Crippen LogP contribution < -0.4 is 21.5 Å². The van der Waals surface area contributed by atoms with Gasteiger partial charge in [-0.25, -0.2) is 4.39 Å². The molecule has 4 heterocycles. The average Bonchev–Trinajstić information content (AvgIpc) is 3.84. The van der Waals surface area contributed by atoms with Crippen molar-refractivity contribution in [2.24, 2.45) is 0 Å². The Morgan fingerprint density at radius 1 is 0.500 bits per heavy atom. The van der Waals surface area contributed by atoms with Crippen LogP contribution in [0, 0.1) is 5.82 Å². The predicted octanol–water partition coefficient (Wildman–Crippen LogP) is 10.7. The summed E-state index contributed by atoms with van der Waals surface area (Å²) in [6.07, 6.45) is 0.777. The third-order valence-corrected chi connectivity index (χ3v) is 13.8. The van der Waals surface area contributed by atoms with Gasteiger partial charge in [0.05, 0.1) is 44.5 Å². The lowest BCUT2D eigenvalue weighted by molar-refractivity contribution is 0.0459. The SMILES string of the molecule is O=C(c1ccccc1)C1CC(c2cccc(Br)c2)N2NC(c3ccccc3)=C(Br)C2N1.O=C(c1ccccc1)C1CC(c2cccc(F)c2)N2NC(c3ccccc3)=C(Br)C2N1. The fourth-order valence-electron chi connectivity index (χ4n) is 8.63. The molecule has 0 bridgehead atoms. The Morgan fingerprint density at radius 3 is 1.32 bits per heavy atom. The van der Waals surface area contributed by atoms with E-state index < -0.39 is 6.04 Å². The molecule has 0 radical (unpaired) electrons. The Bertz CT molecular complexity index is 2450. The molecule has 2 fully saturated rings. The molecule has 2 saturated heterocycles. The standard InChI is InChI=1S/C25H21Br2N3O.C25H21BrFN3O/c26-19-13-7-12-18(14-19)21-15-20(24(31)17-10-5-2-6-11-17)28-25-22(27)23(29-30(21)25)16-8-3-1-4-9-16;26-22-23(16-8-3-1-4-9-16)29-30-21(18-12-7-13-19(27)14-18)15-20(28-25(22)30)24(31)17-10-5-2-6-11-17/h2*1-14,20-21,25,28-29H,15H2. The van der Waals surface area contributed by atoms with Crippen LogP contribution in [0.1, 0.15) is 67.9 Å². The highest BCUT2D eigenvalue weighted by Gasteiger charge is 2.46. The van der Waals surface area contributed by atoms with Gasteiger partial charge in [0, 0.05) is 15.6 Å². The van der Waals surface area contributed by atoms with Gasteiger partial charge in [-0.2, -0.15) is 10.0 Å². The van der Waals surface area contributed by atoms with Crippen molar-refractivity contribution in [3.8, 4) is 0 Å². The van der Waals surface area contributed by atoms with E-state index in [1.807, 2.05) is 127 Å². The smallest absolute Gasteiger partial charge is 0.179 e. The van der Waals surface area contributed by atoms with Gasteiger partial charge in [-0.15, -0.1) is 0 Å². The van der Waals surface area contributed by atoms with Gasteiger partial charge < -0.3 is 10.9 Å². The van der Waals surface area contributed by atoms with Gasteiger partial charge in [0.2, 0.25) is 0 Å². The summed E-state index contributed by atoms with van der Waals surface area (Å²) in [6, 6.07) is 53.2. The molecular weight excluding hydrogens is 975 g/mol. The lowest BCUT2D eigenvalue weighted by Crippen LogP contribution is -2.59. The molecule has 312 valence electrons. The van der Waals surface area contributed by atoms with Crippen molar-refractivity contribution in [1.29, 1.82) is 0 Å². The van der Waals surface area contributed by atoms with Gasteiger partial charge in [0.25, 0.3) is 0 Å². The van der Waals surface area contributed by atoms with Gasteiger partial charge in [-0.1, -0.05) is 193 Å². The first-order valence-electron chi connectivity index (χ1n) is 20.4. The maximum absolute atomic E-state index is 14.1. The molecule has 8 nitrogen and oxygen atoms in total. The van der Waals surface area contributed by atoms with Gasteiger partial charge >= 0.3 is 0 Å². The van der Waals surface area contributed by atoms with Gasteiger partial charge in [-0.3, -0.25) is 20.2 Å². The van der Waals surface area contributed by atoms with Gasteiger partial charge in [0.1, 0.15) is 18.1 Å². The number of benzene rings is 6. The predicted molar refractivity (Wildman–Crippen MR) is 253 cm³/mol. The number of hydrogen-bond donors (Lipinski definition) is 4. The van der Waals surface area contributed by atoms with Crippen molar-refractivity contribution >= 4 is 70.8 Å². The van der Waals surface area contributed by atoms with Crippen LogP contribution in [0.15, 0.2) is 183 Å². The molecule has 0 spiro atoms. The topological polar surface area (TPSA) is 88.7 Å². The number of carbonyl (C=O) groups excluding carboxylic acids is 2. The number of carbonyl (C=O) groups is 2. The van der Waals surface area contributed by atoms with Crippen molar-refractivity contribution < 1.29 is 14.0 Å². The molecule has 0 saturated carbocycles. The first-order chi connectivity index (χ1) is 30.2. The summed E-state index contributed by atoms with van der Waals surface area (Å²) in [5.74, 6) is -0.128. The van der Waals surface area contributed by atoms with Gasteiger partial charge in [0.15, 0.2) is 11.6 Å². The highest BCUT2D eigenvalue weighted by Crippen LogP contribution is 2.43. The Labute approximate surface area is 385 Å².